The molecule has 1 heterocycles. The van der Waals surface area contributed by atoms with Crippen LogP contribution in [0.2, 0.25) is 0 Å². The first-order chi connectivity index (χ1) is 10.7. The zero-order valence-corrected chi connectivity index (χ0v) is 14.0. The monoisotopic (exact) mass is 306 g/mol. The van der Waals surface area contributed by atoms with Gasteiger partial charge >= 0.3 is 6.03 Å². The Bertz CT molecular complexity index is 461. The van der Waals surface area contributed by atoms with Crippen LogP contribution in [0.25, 0.3) is 0 Å². The summed E-state index contributed by atoms with van der Waals surface area (Å²) in [7, 11) is 0. The Morgan fingerprint density at radius 1 is 1.23 bits per heavy atom. The Morgan fingerprint density at radius 2 is 1.91 bits per heavy atom. The van der Waals surface area contributed by atoms with Gasteiger partial charge in [-0.2, -0.15) is 0 Å². The van der Waals surface area contributed by atoms with E-state index in [1.165, 1.54) is 44.2 Å². The van der Waals surface area contributed by atoms with Crippen molar-refractivity contribution in [2.45, 2.75) is 71.3 Å². The maximum atomic E-state index is 11.6. The van der Waals surface area contributed by atoms with Crippen molar-refractivity contribution >= 4 is 6.03 Å². The van der Waals surface area contributed by atoms with Crippen LogP contribution in [-0.2, 0) is 6.42 Å². The van der Waals surface area contributed by atoms with Gasteiger partial charge in [-0.3, -0.25) is 0 Å². The minimum Gasteiger partial charge on any atom is -0.338 e. The van der Waals surface area contributed by atoms with Gasteiger partial charge in [-0.25, -0.2) is 9.78 Å². The summed E-state index contributed by atoms with van der Waals surface area (Å²) in [6.07, 6.45) is 11.6. The Morgan fingerprint density at radius 3 is 2.59 bits per heavy atom. The van der Waals surface area contributed by atoms with Crippen LogP contribution in [0.3, 0.4) is 0 Å². The molecule has 0 saturated heterocycles. The van der Waals surface area contributed by atoms with Crippen LogP contribution >= 0.6 is 0 Å². The van der Waals surface area contributed by atoms with Crippen molar-refractivity contribution < 1.29 is 4.79 Å². The van der Waals surface area contributed by atoms with Crippen molar-refractivity contribution in [3.05, 3.63) is 17.7 Å². The molecule has 1 aromatic rings. The summed E-state index contributed by atoms with van der Waals surface area (Å²) in [6.45, 7) is 5.55. The molecule has 1 fully saturated rings. The van der Waals surface area contributed by atoms with Crippen molar-refractivity contribution in [1.82, 2.24) is 20.2 Å². The topological polar surface area (TPSA) is 59.0 Å². The largest absolute Gasteiger partial charge is 0.338 e. The highest BCUT2D eigenvalue weighted by molar-refractivity contribution is 5.73. The standard InChI is InChI=1S/C17H30N4O/c1-3-11-18-17(22)19-12-10-16-20-13-14(2)21(16)15-8-6-4-5-7-9-15/h13,15H,3-12H2,1-2H3,(H2,18,19,22). The molecule has 1 aliphatic rings. The molecule has 1 saturated carbocycles. The molecule has 2 rings (SSSR count). The first kappa shape index (κ1) is 16.8. The first-order valence-corrected chi connectivity index (χ1v) is 8.76. The van der Waals surface area contributed by atoms with Crippen LogP contribution < -0.4 is 10.6 Å². The molecule has 5 heteroatoms. The number of carbonyl (C=O) groups excluding carboxylic acids is 1. The zero-order chi connectivity index (χ0) is 15.8. The van der Waals surface area contributed by atoms with Crippen LogP contribution in [0.1, 0.15) is 69.4 Å². The molecular weight excluding hydrogens is 276 g/mol. The lowest BCUT2D eigenvalue weighted by Crippen LogP contribution is -2.37. The van der Waals surface area contributed by atoms with Crippen LogP contribution in [0.15, 0.2) is 6.20 Å². The summed E-state index contributed by atoms with van der Waals surface area (Å²) in [5.74, 6) is 1.11. The van der Waals surface area contributed by atoms with Crippen LogP contribution in [0, 0.1) is 6.92 Å². The van der Waals surface area contributed by atoms with E-state index in [0.29, 0.717) is 12.6 Å². The lowest BCUT2D eigenvalue weighted by molar-refractivity contribution is 0.241. The van der Waals surface area contributed by atoms with Gasteiger partial charge in [0, 0.05) is 37.4 Å². The molecule has 0 aromatic carbocycles. The number of amides is 2. The highest BCUT2D eigenvalue weighted by atomic mass is 16.2. The molecule has 0 aliphatic heterocycles. The van der Waals surface area contributed by atoms with Gasteiger partial charge in [0.15, 0.2) is 0 Å². The minimum absolute atomic E-state index is 0.0776. The second-order valence-corrected chi connectivity index (χ2v) is 6.26. The van der Waals surface area contributed by atoms with E-state index < -0.39 is 0 Å². The second-order valence-electron chi connectivity index (χ2n) is 6.26. The SMILES string of the molecule is CCCNC(=O)NCCc1ncc(C)n1C1CCCCCC1. The predicted molar refractivity (Wildman–Crippen MR) is 89.1 cm³/mol. The first-order valence-electron chi connectivity index (χ1n) is 8.76. The number of imidazole rings is 1. The van der Waals surface area contributed by atoms with Gasteiger partial charge in [0.25, 0.3) is 0 Å². The fourth-order valence-corrected chi connectivity index (χ4v) is 3.28. The smallest absolute Gasteiger partial charge is 0.314 e. The van der Waals surface area contributed by atoms with Crippen molar-refractivity contribution in [2.24, 2.45) is 0 Å². The second kappa shape index (κ2) is 8.81. The van der Waals surface area contributed by atoms with E-state index in [9.17, 15) is 4.79 Å². The Hall–Kier alpha value is -1.52. The van der Waals surface area contributed by atoms with Gasteiger partial charge in [0.2, 0.25) is 0 Å². The summed E-state index contributed by atoms with van der Waals surface area (Å²) in [5, 5.41) is 5.75. The Balaban J connectivity index is 1.90. The fourth-order valence-electron chi connectivity index (χ4n) is 3.28. The zero-order valence-electron chi connectivity index (χ0n) is 14.0. The average Bonchev–Trinajstić information content (AvgIpc) is 2.73. The van der Waals surface area contributed by atoms with E-state index in [0.717, 1.165) is 25.2 Å². The average molecular weight is 306 g/mol. The highest BCUT2D eigenvalue weighted by Gasteiger charge is 2.18. The maximum Gasteiger partial charge on any atom is 0.314 e. The number of hydrogen-bond acceptors (Lipinski definition) is 2. The molecule has 22 heavy (non-hydrogen) atoms. The molecule has 0 bridgehead atoms. The summed E-state index contributed by atoms with van der Waals surface area (Å²) in [4.78, 5) is 16.2. The van der Waals surface area contributed by atoms with Gasteiger partial charge in [-0.05, 0) is 26.2 Å². The molecule has 0 spiro atoms. The number of rotatable bonds is 6. The third-order valence-electron chi connectivity index (χ3n) is 4.42. The molecule has 0 unspecified atom stereocenters. The summed E-state index contributed by atoms with van der Waals surface area (Å²) >= 11 is 0. The normalized spacial score (nSPS) is 16.3. The van der Waals surface area contributed by atoms with Gasteiger partial charge < -0.3 is 15.2 Å². The molecular formula is C17H30N4O. The van der Waals surface area contributed by atoms with E-state index >= 15 is 0 Å². The Labute approximate surface area is 133 Å². The number of carbonyl (C=O) groups is 1. The van der Waals surface area contributed by atoms with E-state index in [1.807, 2.05) is 13.1 Å². The number of nitrogens with one attached hydrogen (secondary N) is 2. The van der Waals surface area contributed by atoms with Crippen LogP contribution in [0.5, 0.6) is 0 Å². The summed E-state index contributed by atoms with van der Waals surface area (Å²) in [5.41, 5.74) is 1.25. The number of urea groups is 1. The van der Waals surface area contributed by atoms with Gasteiger partial charge in [-0.1, -0.05) is 32.6 Å². The molecule has 2 N–H and O–H groups in total. The molecule has 0 radical (unpaired) electrons. The van der Waals surface area contributed by atoms with E-state index in [2.05, 4.69) is 27.1 Å². The van der Waals surface area contributed by atoms with Crippen LogP contribution in [0.4, 0.5) is 4.79 Å². The van der Waals surface area contributed by atoms with Crippen molar-refractivity contribution in [1.29, 1.82) is 0 Å². The number of hydrogen-bond donors (Lipinski definition) is 2. The van der Waals surface area contributed by atoms with E-state index in [4.69, 9.17) is 0 Å². The molecule has 1 aliphatic carbocycles. The lowest BCUT2D eigenvalue weighted by atomic mass is 10.1. The van der Waals surface area contributed by atoms with E-state index in [1.54, 1.807) is 0 Å². The predicted octanol–water partition coefficient (Wildman–Crippen LogP) is 3.34. The Kier molecular flexibility index (Phi) is 6.74. The number of aromatic nitrogens is 2. The van der Waals surface area contributed by atoms with E-state index in [-0.39, 0.29) is 6.03 Å². The highest BCUT2D eigenvalue weighted by Crippen LogP contribution is 2.29. The minimum atomic E-state index is -0.0776. The molecule has 124 valence electrons. The lowest BCUT2D eigenvalue weighted by Gasteiger charge is -2.21. The van der Waals surface area contributed by atoms with Gasteiger partial charge in [-0.15, -0.1) is 0 Å². The third-order valence-corrected chi connectivity index (χ3v) is 4.42. The molecule has 1 aromatic heterocycles. The summed E-state index contributed by atoms with van der Waals surface area (Å²) in [6, 6.07) is 0.514. The number of nitrogens with zero attached hydrogens (tertiary/aromatic N) is 2. The maximum absolute atomic E-state index is 11.6. The summed E-state index contributed by atoms with van der Waals surface area (Å²) < 4.78 is 2.41. The van der Waals surface area contributed by atoms with Crippen LogP contribution in [-0.4, -0.2) is 28.7 Å². The fraction of sp³-hybridized carbons (Fsp3) is 0.765. The quantitative estimate of drug-likeness (QED) is 0.792. The molecule has 5 nitrogen and oxygen atoms in total. The molecule has 2 amide bonds. The number of aryl methyl sites for hydroxylation is 1. The third kappa shape index (κ3) is 4.75. The van der Waals surface area contributed by atoms with Gasteiger partial charge in [0.05, 0.1) is 0 Å². The van der Waals surface area contributed by atoms with Crippen molar-refractivity contribution in [3.8, 4) is 0 Å². The molecule has 0 atom stereocenters. The van der Waals surface area contributed by atoms with Crippen molar-refractivity contribution in [2.75, 3.05) is 13.1 Å². The van der Waals surface area contributed by atoms with Gasteiger partial charge in [0.1, 0.15) is 5.82 Å². The van der Waals surface area contributed by atoms with Crippen molar-refractivity contribution in [3.63, 3.8) is 0 Å².